The van der Waals surface area contributed by atoms with Crippen LogP contribution in [0.15, 0.2) is 31.2 Å². The van der Waals surface area contributed by atoms with Crippen LogP contribution in [0.1, 0.15) is 49.5 Å². The highest BCUT2D eigenvalue weighted by Crippen LogP contribution is 2.24. The van der Waals surface area contributed by atoms with Crippen LogP contribution in [0.5, 0.6) is 0 Å². The van der Waals surface area contributed by atoms with Crippen molar-refractivity contribution < 1.29 is 9.59 Å². The molecule has 10 nitrogen and oxygen atoms in total. The molecule has 1 aliphatic rings. The van der Waals surface area contributed by atoms with Gasteiger partial charge in [0.05, 0.1) is 23.5 Å². The van der Waals surface area contributed by atoms with E-state index in [4.69, 9.17) is 5.73 Å². The van der Waals surface area contributed by atoms with Gasteiger partial charge < -0.3 is 21.3 Å². The lowest BCUT2D eigenvalue weighted by Gasteiger charge is -2.32. The molecule has 2 aromatic heterocycles. The minimum absolute atomic E-state index is 0.0596. The molecule has 0 bridgehead atoms. The summed E-state index contributed by atoms with van der Waals surface area (Å²) in [7, 11) is 0. The van der Waals surface area contributed by atoms with Crippen LogP contribution in [0.2, 0.25) is 0 Å². The van der Waals surface area contributed by atoms with Crippen molar-refractivity contribution in [2.45, 2.75) is 39.2 Å². The van der Waals surface area contributed by atoms with E-state index in [0.29, 0.717) is 36.5 Å². The molecule has 31 heavy (non-hydrogen) atoms. The van der Waals surface area contributed by atoms with Gasteiger partial charge in [0.1, 0.15) is 5.82 Å². The fourth-order valence-corrected chi connectivity index (χ4v) is 3.47. The van der Waals surface area contributed by atoms with Crippen LogP contribution < -0.4 is 16.4 Å². The van der Waals surface area contributed by atoms with E-state index in [2.05, 4.69) is 46.1 Å². The number of carbonyl (C=O) groups excluding carboxylic acids is 2. The van der Waals surface area contributed by atoms with Crippen molar-refractivity contribution >= 4 is 29.3 Å². The summed E-state index contributed by atoms with van der Waals surface area (Å²) in [5.41, 5.74) is 6.41. The van der Waals surface area contributed by atoms with Crippen LogP contribution in [0.25, 0.3) is 0 Å². The molecule has 0 aliphatic carbocycles. The Balaban J connectivity index is 1.70. The summed E-state index contributed by atoms with van der Waals surface area (Å²) in [4.78, 5) is 34.0. The number of aromatic nitrogens is 4. The number of hydrogen-bond acceptors (Lipinski definition) is 7. The minimum atomic E-state index is -0.581. The van der Waals surface area contributed by atoms with Gasteiger partial charge >= 0.3 is 0 Å². The van der Waals surface area contributed by atoms with Gasteiger partial charge in [-0.05, 0) is 31.3 Å². The zero-order valence-electron chi connectivity index (χ0n) is 18.0. The Labute approximate surface area is 181 Å². The van der Waals surface area contributed by atoms with Crippen molar-refractivity contribution in [2.24, 2.45) is 11.7 Å². The summed E-state index contributed by atoms with van der Waals surface area (Å²) >= 11 is 0. The molecule has 4 N–H and O–H groups in total. The van der Waals surface area contributed by atoms with Gasteiger partial charge in [0.25, 0.3) is 5.91 Å². The second-order valence-electron chi connectivity index (χ2n) is 8.05. The predicted molar refractivity (Wildman–Crippen MR) is 119 cm³/mol. The predicted octanol–water partition coefficient (Wildman–Crippen LogP) is 2.32. The fourth-order valence-electron chi connectivity index (χ4n) is 3.47. The lowest BCUT2D eigenvalue weighted by atomic mass is 10.1. The lowest BCUT2D eigenvalue weighted by molar-refractivity contribution is -0.127. The normalized spacial score (nSPS) is 16.2. The summed E-state index contributed by atoms with van der Waals surface area (Å²) in [5, 5.41) is 10.7. The molecule has 0 saturated carbocycles. The standard InChI is InChI=1S/C21H30N8O2/c1-4-18(30)28-9-5-6-16(13-28)29-12-15(10-25-29)26-21-24-11-17(19(22)31)20(27-21)23-8-7-14(2)3/h4,10-12,14,16H,1,5-9,13H2,2-3H3,(H2,22,31)(H2,23,24,26,27). The van der Waals surface area contributed by atoms with Gasteiger partial charge in [0.2, 0.25) is 11.9 Å². The molecule has 3 rings (SSSR count). The van der Waals surface area contributed by atoms with Gasteiger partial charge in [-0.3, -0.25) is 14.3 Å². The number of primary amides is 1. The second-order valence-corrected chi connectivity index (χ2v) is 8.05. The zero-order chi connectivity index (χ0) is 22.4. The Hall–Kier alpha value is -3.43. The van der Waals surface area contributed by atoms with Crippen molar-refractivity contribution in [3.8, 4) is 0 Å². The van der Waals surface area contributed by atoms with E-state index >= 15 is 0 Å². The number of rotatable bonds is 9. The average Bonchev–Trinajstić information content (AvgIpc) is 3.21. The molecule has 1 atom stereocenters. The van der Waals surface area contributed by atoms with Gasteiger partial charge in [0, 0.05) is 32.0 Å². The summed E-state index contributed by atoms with van der Waals surface area (Å²) in [5.74, 6) is 0.623. The number of nitrogens with one attached hydrogen (secondary N) is 2. The van der Waals surface area contributed by atoms with Crippen LogP contribution in [-0.2, 0) is 4.79 Å². The number of hydrogen-bond donors (Lipinski definition) is 3. The molecule has 0 radical (unpaired) electrons. The molecule has 3 heterocycles. The maximum atomic E-state index is 11.9. The van der Waals surface area contributed by atoms with E-state index in [-0.39, 0.29) is 17.5 Å². The van der Waals surface area contributed by atoms with Crippen LogP contribution in [0, 0.1) is 5.92 Å². The van der Waals surface area contributed by atoms with E-state index in [1.807, 2.05) is 10.9 Å². The molecule has 1 fully saturated rings. The average molecular weight is 427 g/mol. The Kier molecular flexibility index (Phi) is 7.22. The SMILES string of the molecule is C=CC(=O)N1CCCC(n2cc(Nc3ncc(C(N)=O)c(NCCC(C)C)n3)cn2)C1. The molecule has 2 amide bonds. The Morgan fingerprint density at radius 1 is 1.39 bits per heavy atom. The molecule has 0 aromatic carbocycles. The van der Waals surface area contributed by atoms with Gasteiger partial charge in [-0.2, -0.15) is 10.1 Å². The van der Waals surface area contributed by atoms with Crippen molar-refractivity contribution in [1.29, 1.82) is 0 Å². The number of nitrogens with two attached hydrogens (primary N) is 1. The van der Waals surface area contributed by atoms with Gasteiger partial charge in [0.15, 0.2) is 0 Å². The fraction of sp³-hybridized carbons (Fsp3) is 0.476. The summed E-state index contributed by atoms with van der Waals surface area (Å²) in [6, 6.07) is 0.0969. The first-order chi connectivity index (χ1) is 14.9. The number of anilines is 3. The zero-order valence-corrected chi connectivity index (χ0v) is 18.0. The van der Waals surface area contributed by atoms with Crippen molar-refractivity contribution in [1.82, 2.24) is 24.6 Å². The third-order valence-corrected chi connectivity index (χ3v) is 5.18. The number of carbonyl (C=O) groups is 2. The van der Waals surface area contributed by atoms with Crippen LogP contribution in [0.3, 0.4) is 0 Å². The highest BCUT2D eigenvalue weighted by Gasteiger charge is 2.24. The van der Waals surface area contributed by atoms with E-state index in [0.717, 1.165) is 25.8 Å². The molecular weight excluding hydrogens is 396 g/mol. The number of nitrogens with zero attached hydrogens (tertiary/aromatic N) is 5. The summed E-state index contributed by atoms with van der Waals surface area (Å²) < 4.78 is 1.85. The van der Waals surface area contributed by atoms with Crippen LogP contribution in [-0.4, -0.2) is 56.1 Å². The summed E-state index contributed by atoms with van der Waals surface area (Å²) in [6.45, 7) is 9.82. The van der Waals surface area contributed by atoms with Crippen molar-refractivity contribution in [3.05, 3.63) is 36.8 Å². The number of amides is 2. The first kappa shape index (κ1) is 22.3. The van der Waals surface area contributed by atoms with Crippen LogP contribution >= 0.6 is 0 Å². The second kappa shape index (κ2) is 10.1. The monoisotopic (exact) mass is 426 g/mol. The molecule has 2 aromatic rings. The smallest absolute Gasteiger partial charge is 0.254 e. The van der Waals surface area contributed by atoms with Crippen molar-refractivity contribution in [3.63, 3.8) is 0 Å². The van der Waals surface area contributed by atoms with Crippen LogP contribution in [0.4, 0.5) is 17.5 Å². The molecule has 0 spiro atoms. The lowest BCUT2D eigenvalue weighted by Crippen LogP contribution is -2.39. The Bertz CT molecular complexity index is 939. The molecule has 10 heteroatoms. The maximum Gasteiger partial charge on any atom is 0.254 e. The highest BCUT2D eigenvalue weighted by atomic mass is 16.2. The summed E-state index contributed by atoms with van der Waals surface area (Å²) in [6.07, 6.45) is 9.10. The minimum Gasteiger partial charge on any atom is -0.369 e. The molecule has 1 unspecified atom stereocenters. The molecule has 166 valence electrons. The first-order valence-electron chi connectivity index (χ1n) is 10.5. The van der Waals surface area contributed by atoms with Gasteiger partial charge in [-0.25, -0.2) is 4.98 Å². The molecule has 1 aliphatic heterocycles. The van der Waals surface area contributed by atoms with Crippen molar-refractivity contribution in [2.75, 3.05) is 30.3 Å². The first-order valence-corrected chi connectivity index (χ1v) is 10.5. The molecule has 1 saturated heterocycles. The third-order valence-electron chi connectivity index (χ3n) is 5.18. The third kappa shape index (κ3) is 5.80. The van der Waals surface area contributed by atoms with E-state index in [1.165, 1.54) is 12.3 Å². The van der Waals surface area contributed by atoms with Gasteiger partial charge in [-0.15, -0.1) is 0 Å². The topological polar surface area (TPSA) is 131 Å². The molecular formula is C21H30N8O2. The number of likely N-dealkylation sites (tertiary alicyclic amines) is 1. The quantitative estimate of drug-likeness (QED) is 0.524. The Morgan fingerprint density at radius 2 is 2.19 bits per heavy atom. The highest BCUT2D eigenvalue weighted by molar-refractivity contribution is 5.97. The Morgan fingerprint density at radius 3 is 2.90 bits per heavy atom. The van der Waals surface area contributed by atoms with E-state index in [1.54, 1.807) is 11.1 Å². The maximum absolute atomic E-state index is 11.9. The van der Waals surface area contributed by atoms with E-state index in [9.17, 15) is 9.59 Å². The van der Waals surface area contributed by atoms with Gasteiger partial charge in [-0.1, -0.05) is 20.4 Å². The largest absolute Gasteiger partial charge is 0.369 e. The van der Waals surface area contributed by atoms with E-state index < -0.39 is 5.91 Å². The number of piperidine rings is 1.